The number of carbonyl (C=O) groups excluding carboxylic acids is 1. The van der Waals surface area contributed by atoms with Crippen LogP contribution in [0.5, 0.6) is 0 Å². The van der Waals surface area contributed by atoms with E-state index >= 15 is 0 Å². The van der Waals surface area contributed by atoms with E-state index in [1.165, 1.54) is 0 Å². The molecule has 0 saturated heterocycles. The summed E-state index contributed by atoms with van der Waals surface area (Å²) < 4.78 is 3.36. The third-order valence-electron chi connectivity index (χ3n) is 4.97. The summed E-state index contributed by atoms with van der Waals surface area (Å²) in [4.78, 5) is 12.9. The van der Waals surface area contributed by atoms with Gasteiger partial charge in [0.2, 0.25) is 0 Å². The maximum Gasteiger partial charge on any atom is 0.274 e. The first kappa shape index (κ1) is 20.7. The Morgan fingerprint density at radius 1 is 1.03 bits per heavy atom. The van der Waals surface area contributed by atoms with Crippen molar-refractivity contribution >= 4 is 17.5 Å². The molecule has 0 bridgehead atoms. The van der Waals surface area contributed by atoms with Crippen molar-refractivity contribution in [2.24, 2.45) is 0 Å². The molecule has 0 aliphatic heterocycles. The number of carbonyl (C=O) groups is 1. The van der Waals surface area contributed by atoms with Crippen LogP contribution < -0.4 is 5.32 Å². The van der Waals surface area contributed by atoms with E-state index in [0.717, 1.165) is 11.3 Å². The molecule has 8 nitrogen and oxygen atoms in total. The summed E-state index contributed by atoms with van der Waals surface area (Å²) in [6.45, 7) is 6.15. The van der Waals surface area contributed by atoms with E-state index in [1.54, 1.807) is 28.4 Å². The zero-order chi connectivity index (χ0) is 22.0. The molecule has 31 heavy (non-hydrogen) atoms. The standard InChI is InChI=1S/C22H22ClN7O/c1-15-20(26-28-30(15)18-11-9-17(23)10-12-18)21(31)24-22(2,3)19-14-29(27-25-19)13-16-7-5-4-6-8-16/h4-12,14H,13H2,1-3H3,(H,24,31). The average Bonchev–Trinajstić information content (AvgIpc) is 3.36. The summed E-state index contributed by atoms with van der Waals surface area (Å²) in [6, 6.07) is 17.2. The second-order valence-corrected chi connectivity index (χ2v) is 8.21. The van der Waals surface area contributed by atoms with Gasteiger partial charge in [0.05, 0.1) is 29.7 Å². The molecule has 1 amide bonds. The molecule has 4 aromatic rings. The summed E-state index contributed by atoms with van der Waals surface area (Å²) in [5, 5.41) is 20.3. The molecule has 2 heterocycles. The number of rotatable bonds is 6. The minimum atomic E-state index is -0.748. The number of nitrogens with one attached hydrogen (secondary N) is 1. The zero-order valence-electron chi connectivity index (χ0n) is 17.5. The molecule has 0 aliphatic rings. The lowest BCUT2D eigenvalue weighted by Crippen LogP contribution is -2.41. The molecular weight excluding hydrogens is 414 g/mol. The number of halogens is 1. The van der Waals surface area contributed by atoms with Crippen molar-refractivity contribution in [2.45, 2.75) is 32.9 Å². The van der Waals surface area contributed by atoms with Gasteiger partial charge < -0.3 is 5.32 Å². The van der Waals surface area contributed by atoms with Gasteiger partial charge in [-0.1, -0.05) is 52.4 Å². The van der Waals surface area contributed by atoms with E-state index in [4.69, 9.17) is 11.6 Å². The fraction of sp³-hybridized carbons (Fsp3) is 0.227. The largest absolute Gasteiger partial charge is 0.340 e. The highest BCUT2D eigenvalue weighted by Gasteiger charge is 2.29. The van der Waals surface area contributed by atoms with Crippen LogP contribution in [0.4, 0.5) is 0 Å². The van der Waals surface area contributed by atoms with Gasteiger partial charge in [-0.2, -0.15) is 0 Å². The predicted molar refractivity (Wildman–Crippen MR) is 117 cm³/mol. The molecule has 0 unspecified atom stereocenters. The van der Waals surface area contributed by atoms with Crippen LogP contribution in [-0.4, -0.2) is 35.9 Å². The van der Waals surface area contributed by atoms with E-state index in [2.05, 4.69) is 25.9 Å². The fourth-order valence-corrected chi connectivity index (χ4v) is 3.33. The lowest BCUT2D eigenvalue weighted by molar-refractivity contribution is 0.0904. The summed E-state index contributed by atoms with van der Waals surface area (Å²) in [7, 11) is 0. The molecule has 9 heteroatoms. The Bertz CT molecular complexity index is 1200. The van der Waals surface area contributed by atoms with Gasteiger partial charge in [-0.3, -0.25) is 4.79 Å². The Kier molecular flexibility index (Phi) is 5.56. The van der Waals surface area contributed by atoms with Crippen molar-refractivity contribution in [1.82, 2.24) is 35.3 Å². The van der Waals surface area contributed by atoms with Crippen molar-refractivity contribution in [1.29, 1.82) is 0 Å². The second-order valence-electron chi connectivity index (χ2n) is 7.78. The fourth-order valence-electron chi connectivity index (χ4n) is 3.21. The van der Waals surface area contributed by atoms with Gasteiger partial charge in [0, 0.05) is 5.02 Å². The summed E-state index contributed by atoms with van der Waals surface area (Å²) in [5.74, 6) is -0.333. The maximum atomic E-state index is 12.9. The molecule has 0 radical (unpaired) electrons. The lowest BCUT2D eigenvalue weighted by Gasteiger charge is -2.23. The Morgan fingerprint density at radius 2 is 1.74 bits per heavy atom. The average molecular weight is 436 g/mol. The minimum Gasteiger partial charge on any atom is -0.340 e. The number of hydrogen-bond acceptors (Lipinski definition) is 5. The maximum absolute atomic E-state index is 12.9. The summed E-state index contributed by atoms with van der Waals surface area (Å²) >= 11 is 5.95. The van der Waals surface area contributed by atoms with E-state index in [1.807, 2.05) is 62.5 Å². The van der Waals surface area contributed by atoms with E-state index in [-0.39, 0.29) is 11.6 Å². The van der Waals surface area contributed by atoms with Gasteiger partial charge in [0.25, 0.3) is 5.91 Å². The number of amides is 1. The number of hydrogen-bond donors (Lipinski definition) is 1. The van der Waals surface area contributed by atoms with E-state index < -0.39 is 5.54 Å². The van der Waals surface area contributed by atoms with Crippen LogP contribution in [-0.2, 0) is 12.1 Å². The second kappa shape index (κ2) is 8.31. The van der Waals surface area contributed by atoms with Crippen LogP contribution >= 0.6 is 11.6 Å². The zero-order valence-corrected chi connectivity index (χ0v) is 18.2. The first-order valence-electron chi connectivity index (χ1n) is 9.79. The highest BCUT2D eigenvalue weighted by atomic mass is 35.5. The van der Waals surface area contributed by atoms with Crippen LogP contribution in [0.3, 0.4) is 0 Å². The molecular formula is C22H22ClN7O. The minimum absolute atomic E-state index is 0.250. The van der Waals surface area contributed by atoms with Crippen molar-refractivity contribution < 1.29 is 4.79 Å². The third kappa shape index (κ3) is 4.49. The number of nitrogens with zero attached hydrogens (tertiary/aromatic N) is 6. The van der Waals surface area contributed by atoms with Crippen molar-refractivity contribution in [2.75, 3.05) is 0 Å². The summed E-state index contributed by atoms with van der Waals surface area (Å²) in [5.41, 5.74) is 2.68. The first-order valence-corrected chi connectivity index (χ1v) is 10.2. The third-order valence-corrected chi connectivity index (χ3v) is 5.23. The monoisotopic (exact) mass is 435 g/mol. The van der Waals surface area contributed by atoms with Crippen molar-refractivity contribution in [3.05, 3.63) is 88.5 Å². The molecule has 0 fully saturated rings. The van der Waals surface area contributed by atoms with Crippen LogP contribution in [0.25, 0.3) is 5.69 Å². The smallest absolute Gasteiger partial charge is 0.274 e. The predicted octanol–water partition coefficient (Wildman–Crippen LogP) is 3.53. The van der Waals surface area contributed by atoms with Gasteiger partial charge in [0.1, 0.15) is 5.69 Å². The topological polar surface area (TPSA) is 90.5 Å². The van der Waals surface area contributed by atoms with Crippen LogP contribution in [0.15, 0.2) is 60.8 Å². The molecule has 4 rings (SSSR count). The van der Waals surface area contributed by atoms with Crippen LogP contribution in [0, 0.1) is 6.92 Å². The number of aromatic nitrogens is 6. The van der Waals surface area contributed by atoms with Crippen molar-refractivity contribution in [3.8, 4) is 5.69 Å². The van der Waals surface area contributed by atoms with Gasteiger partial charge in [-0.15, -0.1) is 10.2 Å². The molecule has 2 aromatic heterocycles. The molecule has 158 valence electrons. The van der Waals surface area contributed by atoms with Crippen molar-refractivity contribution in [3.63, 3.8) is 0 Å². The Morgan fingerprint density at radius 3 is 2.45 bits per heavy atom. The Balaban J connectivity index is 1.50. The number of benzene rings is 2. The van der Waals surface area contributed by atoms with Crippen LogP contribution in [0.2, 0.25) is 5.02 Å². The highest BCUT2D eigenvalue weighted by molar-refractivity contribution is 6.30. The van der Waals surface area contributed by atoms with E-state index in [9.17, 15) is 4.79 Å². The van der Waals surface area contributed by atoms with Gasteiger partial charge in [-0.05, 0) is 50.6 Å². The quantitative estimate of drug-likeness (QED) is 0.500. The molecule has 0 aliphatic carbocycles. The molecule has 0 saturated carbocycles. The van der Waals surface area contributed by atoms with E-state index in [0.29, 0.717) is 23.0 Å². The molecule has 2 aromatic carbocycles. The first-order chi connectivity index (χ1) is 14.8. The lowest BCUT2D eigenvalue weighted by atomic mass is 10.0. The Hall–Kier alpha value is -3.52. The molecule has 0 atom stereocenters. The molecule has 1 N–H and O–H groups in total. The van der Waals surface area contributed by atoms with Crippen LogP contribution in [0.1, 0.15) is 41.3 Å². The normalized spacial score (nSPS) is 11.5. The van der Waals surface area contributed by atoms with Gasteiger partial charge in [-0.25, -0.2) is 9.36 Å². The highest BCUT2D eigenvalue weighted by Crippen LogP contribution is 2.20. The SMILES string of the molecule is Cc1c(C(=O)NC(C)(C)c2cn(Cc3ccccc3)nn2)nnn1-c1ccc(Cl)cc1. The Labute approximate surface area is 184 Å². The summed E-state index contributed by atoms with van der Waals surface area (Å²) in [6.07, 6.45) is 1.84. The molecule has 0 spiro atoms. The van der Waals surface area contributed by atoms with Gasteiger partial charge >= 0.3 is 0 Å². The van der Waals surface area contributed by atoms with Gasteiger partial charge in [0.15, 0.2) is 5.69 Å².